The van der Waals surface area contributed by atoms with Crippen LogP contribution in [0.5, 0.6) is 17.2 Å². The quantitative estimate of drug-likeness (QED) is 0.559. The largest absolute Gasteiger partial charge is 0.485 e. The Balaban J connectivity index is 4.11. The van der Waals surface area contributed by atoms with Gasteiger partial charge in [-0.05, 0) is 0 Å². The Morgan fingerprint density at radius 3 is 0.905 bits per heavy atom. The van der Waals surface area contributed by atoms with Gasteiger partial charge < -0.3 is 14.2 Å². The first-order valence-corrected chi connectivity index (χ1v) is 5.10. The molecular formula is C9H9N3O9. The first kappa shape index (κ1) is 15.9. The van der Waals surface area contributed by atoms with Gasteiger partial charge in [-0.15, -0.1) is 0 Å². The van der Waals surface area contributed by atoms with E-state index in [1.165, 1.54) is 0 Å². The number of ether oxygens (including phenoxy) is 3. The van der Waals surface area contributed by atoms with E-state index in [0.29, 0.717) is 0 Å². The third kappa shape index (κ3) is 2.45. The van der Waals surface area contributed by atoms with Gasteiger partial charge in [0.2, 0.25) is 0 Å². The van der Waals surface area contributed by atoms with Gasteiger partial charge in [0.1, 0.15) is 0 Å². The standard InChI is InChI=1S/C9H9N3O9/c1-19-7-4(10(13)14)8(20-2)6(12(17)18)9(21-3)5(7)11(15)16/h1-3H3. The highest BCUT2D eigenvalue weighted by Gasteiger charge is 2.45. The van der Waals surface area contributed by atoms with Crippen LogP contribution in [0.25, 0.3) is 0 Å². The molecule has 0 fully saturated rings. The Morgan fingerprint density at radius 2 is 0.810 bits per heavy atom. The summed E-state index contributed by atoms with van der Waals surface area (Å²) in [6.07, 6.45) is 0. The molecule has 0 atom stereocenters. The molecule has 12 nitrogen and oxygen atoms in total. The second-order valence-corrected chi connectivity index (χ2v) is 3.42. The van der Waals surface area contributed by atoms with Crippen molar-refractivity contribution < 1.29 is 29.0 Å². The van der Waals surface area contributed by atoms with E-state index in [4.69, 9.17) is 0 Å². The molecule has 1 aromatic carbocycles. The number of rotatable bonds is 6. The summed E-state index contributed by atoms with van der Waals surface area (Å²) in [5.74, 6) is -2.40. The molecule has 0 heterocycles. The first-order valence-electron chi connectivity index (χ1n) is 5.10. The van der Waals surface area contributed by atoms with E-state index in [2.05, 4.69) is 14.2 Å². The zero-order chi connectivity index (χ0) is 16.3. The molecule has 0 radical (unpaired) electrons. The van der Waals surface area contributed by atoms with E-state index < -0.39 is 49.1 Å². The third-order valence-electron chi connectivity index (χ3n) is 2.45. The fourth-order valence-corrected chi connectivity index (χ4v) is 1.72. The van der Waals surface area contributed by atoms with E-state index in [0.717, 1.165) is 21.3 Å². The fraction of sp³-hybridized carbons (Fsp3) is 0.333. The van der Waals surface area contributed by atoms with Crippen molar-refractivity contribution in [1.82, 2.24) is 0 Å². The van der Waals surface area contributed by atoms with Gasteiger partial charge >= 0.3 is 17.1 Å². The Morgan fingerprint density at radius 1 is 0.619 bits per heavy atom. The molecule has 0 saturated carbocycles. The average molecular weight is 303 g/mol. The fourth-order valence-electron chi connectivity index (χ4n) is 1.72. The lowest BCUT2D eigenvalue weighted by atomic mass is 10.1. The topological polar surface area (TPSA) is 157 Å². The lowest BCUT2D eigenvalue weighted by molar-refractivity contribution is -0.406. The van der Waals surface area contributed by atoms with Gasteiger partial charge in [-0.3, -0.25) is 30.3 Å². The maximum atomic E-state index is 11.1. The summed E-state index contributed by atoms with van der Waals surface area (Å²) in [6, 6.07) is 0. The summed E-state index contributed by atoms with van der Waals surface area (Å²) in [5.41, 5.74) is -3.09. The van der Waals surface area contributed by atoms with Crippen LogP contribution in [0.15, 0.2) is 0 Å². The highest BCUT2D eigenvalue weighted by atomic mass is 16.7. The molecule has 1 rings (SSSR count). The first-order chi connectivity index (χ1) is 9.81. The van der Waals surface area contributed by atoms with E-state index in [-0.39, 0.29) is 0 Å². The SMILES string of the molecule is COc1c([N+](=O)[O-])c(OC)c([N+](=O)[O-])c(OC)c1[N+](=O)[O-]. The van der Waals surface area contributed by atoms with Crippen molar-refractivity contribution in [2.75, 3.05) is 21.3 Å². The number of methoxy groups -OCH3 is 3. The van der Waals surface area contributed by atoms with Crippen molar-refractivity contribution in [1.29, 1.82) is 0 Å². The zero-order valence-corrected chi connectivity index (χ0v) is 11.0. The summed E-state index contributed by atoms with van der Waals surface area (Å²) >= 11 is 0. The lowest BCUT2D eigenvalue weighted by Crippen LogP contribution is -2.07. The molecule has 0 aliphatic heterocycles. The molecule has 12 heteroatoms. The second kappa shape index (κ2) is 5.85. The minimum absolute atomic E-state index is 0.802. The Hall–Kier alpha value is -3.18. The molecule has 0 aliphatic carbocycles. The molecule has 0 N–H and O–H groups in total. The maximum Gasteiger partial charge on any atom is 0.367 e. The van der Waals surface area contributed by atoms with E-state index in [1.807, 2.05) is 0 Å². The third-order valence-corrected chi connectivity index (χ3v) is 2.45. The molecule has 0 saturated heterocycles. The van der Waals surface area contributed by atoms with E-state index in [1.54, 1.807) is 0 Å². The zero-order valence-electron chi connectivity index (χ0n) is 11.0. The lowest BCUT2D eigenvalue weighted by Gasteiger charge is -2.10. The van der Waals surface area contributed by atoms with Crippen LogP contribution in [0.3, 0.4) is 0 Å². The van der Waals surface area contributed by atoms with Crippen LogP contribution in [-0.4, -0.2) is 36.1 Å². The van der Waals surface area contributed by atoms with Crippen molar-refractivity contribution in [2.45, 2.75) is 0 Å². The van der Waals surface area contributed by atoms with Gasteiger partial charge in [-0.25, -0.2) is 0 Å². The summed E-state index contributed by atoms with van der Waals surface area (Å²) in [7, 11) is 2.83. The normalized spacial score (nSPS) is 9.86. The average Bonchev–Trinajstić information content (AvgIpc) is 2.42. The van der Waals surface area contributed by atoms with Gasteiger partial charge in [0.25, 0.3) is 17.2 Å². The van der Waals surface area contributed by atoms with Gasteiger partial charge in [-0.2, -0.15) is 0 Å². The van der Waals surface area contributed by atoms with Gasteiger partial charge in [0.05, 0.1) is 36.1 Å². The molecular weight excluding hydrogens is 294 g/mol. The molecule has 0 bridgehead atoms. The molecule has 0 aromatic heterocycles. The maximum absolute atomic E-state index is 11.1. The minimum atomic E-state index is -1.07. The van der Waals surface area contributed by atoms with Crippen LogP contribution in [-0.2, 0) is 0 Å². The second-order valence-electron chi connectivity index (χ2n) is 3.42. The van der Waals surface area contributed by atoms with Crippen LogP contribution >= 0.6 is 0 Å². The monoisotopic (exact) mass is 303 g/mol. The summed E-state index contributed by atoms with van der Waals surface area (Å²) in [4.78, 5) is 30.0. The highest BCUT2D eigenvalue weighted by Crippen LogP contribution is 2.56. The number of nitro benzene ring substituents is 3. The van der Waals surface area contributed by atoms with Crippen molar-refractivity contribution in [3.8, 4) is 17.2 Å². The van der Waals surface area contributed by atoms with Crippen LogP contribution in [0.4, 0.5) is 17.1 Å². The Bertz CT molecular complexity index is 521. The highest BCUT2D eigenvalue weighted by molar-refractivity contribution is 5.82. The molecule has 0 spiro atoms. The molecule has 0 amide bonds. The van der Waals surface area contributed by atoms with Gasteiger partial charge in [0.15, 0.2) is 0 Å². The van der Waals surface area contributed by atoms with Crippen LogP contribution < -0.4 is 14.2 Å². The van der Waals surface area contributed by atoms with E-state index in [9.17, 15) is 30.3 Å². The summed E-state index contributed by atoms with van der Waals surface area (Å²) in [5, 5.41) is 33.2. The van der Waals surface area contributed by atoms with Crippen molar-refractivity contribution in [3.05, 3.63) is 30.3 Å². The molecule has 0 unspecified atom stereocenters. The predicted molar refractivity (Wildman–Crippen MR) is 66.1 cm³/mol. The van der Waals surface area contributed by atoms with Crippen molar-refractivity contribution in [2.24, 2.45) is 0 Å². The summed E-state index contributed by atoms with van der Waals surface area (Å²) in [6.45, 7) is 0. The molecule has 0 aliphatic rings. The predicted octanol–water partition coefficient (Wildman–Crippen LogP) is 1.44. The smallest absolute Gasteiger partial charge is 0.367 e. The van der Waals surface area contributed by atoms with Gasteiger partial charge in [0, 0.05) is 0 Å². The van der Waals surface area contributed by atoms with Crippen LogP contribution in [0.1, 0.15) is 0 Å². The molecule has 1 aromatic rings. The summed E-state index contributed by atoms with van der Waals surface area (Å²) < 4.78 is 14.0. The van der Waals surface area contributed by atoms with E-state index >= 15 is 0 Å². The minimum Gasteiger partial charge on any atom is -0.485 e. The number of hydrogen-bond acceptors (Lipinski definition) is 9. The number of benzene rings is 1. The number of nitrogens with zero attached hydrogens (tertiary/aromatic N) is 3. The Labute approximate surface area is 116 Å². The Kier molecular flexibility index (Phi) is 4.42. The van der Waals surface area contributed by atoms with Crippen molar-refractivity contribution >= 4 is 17.1 Å². The number of hydrogen-bond donors (Lipinski definition) is 0. The molecule has 21 heavy (non-hydrogen) atoms. The number of nitro groups is 3. The van der Waals surface area contributed by atoms with Crippen LogP contribution in [0.2, 0.25) is 0 Å². The van der Waals surface area contributed by atoms with Gasteiger partial charge in [-0.1, -0.05) is 0 Å². The molecule has 114 valence electrons. The van der Waals surface area contributed by atoms with Crippen LogP contribution in [0, 0.1) is 30.3 Å². The van der Waals surface area contributed by atoms with Crippen molar-refractivity contribution in [3.63, 3.8) is 0 Å².